The van der Waals surface area contributed by atoms with Crippen LogP contribution in [0.3, 0.4) is 0 Å². The first-order valence-electron chi connectivity index (χ1n) is 10.9. The fourth-order valence-corrected chi connectivity index (χ4v) is 5.62. The van der Waals surface area contributed by atoms with E-state index in [0.29, 0.717) is 13.0 Å². The predicted octanol–water partition coefficient (Wildman–Crippen LogP) is 4.33. The van der Waals surface area contributed by atoms with Crippen molar-refractivity contribution in [1.82, 2.24) is 15.2 Å². The third-order valence-electron chi connectivity index (χ3n) is 5.54. The van der Waals surface area contributed by atoms with Crippen molar-refractivity contribution >= 4 is 44.4 Å². The highest BCUT2D eigenvalue weighted by Crippen LogP contribution is 2.30. The average Bonchev–Trinajstić information content (AvgIpc) is 3.19. The number of thioether (sulfide) groups is 1. The van der Waals surface area contributed by atoms with E-state index in [0.717, 1.165) is 49.1 Å². The summed E-state index contributed by atoms with van der Waals surface area (Å²) in [5.74, 6) is 0.956. The smallest absolute Gasteiger partial charge is 0.220 e. The third kappa shape index (κ3) is 6.21. The number of anilines is 1. The molecule has 0 aliphatic carbocycles. The van der Waals surface area contributed by atoms with Gasteiger partial charge >= 0.3 is 0 Å². The first kappa shape index (κ1) is 22.1. The van der Waals surface area contributed by atoms with Gasteiger partial charge in [0.25, 0.3) is 0 Å². The average molecular weight is 455 g/mol. The van der Waals surface area contributed by atoms with E-state index in [1.807, 2.05) is 0 Å². The summed E-state index contributed by atoms with van der Waals surface area (Å²) in [4.78, 5) is 23.0. The molecule has 4 rings (SSSR count). The number of fused-ring (bicyclic) bond motifs is 1. The lowest BCUT2D eigenvalue weighted by Crippen LogP contribution is -2.48. The highest BCUT2D eigenvalue weighted by Gasteiger charge is 2.19. The SMILES string of the molecule is Cc1ccc(SCCC(=O)NCCN2CCN(c3nc4ccc(C)cc4s3)CC2)cc1. The molecule has 3 aromatic rings. The number of nitrogens with one attached hydrogen (secondary N) is 1. The molecule has 0 radical (unpaired) electrons. The number of carbonyl (C=O) groups excluding carboxylic acids is 1. The van der Waals surface area contributed by atoms with Crippen molar-refractivity contribution in [2.75, 3.05) is 49.9 Å². The number of rotatable bonds is 8. The molecule has 31 heavy (non-hydrogen) atoms. The fourth-order valence-electron chi connectivity index (χ4n) is 3.66. The van der Waals surface area contributed by atoms with Crippen molar-refractivity contribution in [2.24, 2.45) is 0 Å². The lowest BCUT2D eigenvalue weighted by atomic mass is 10.2. The molecule has 7 heteroatoms. The number of piperazine rings is 1. The number of nitrogens with zero attached hydrogens (tertiary/aromatic N) is 3. The molecule has 0 saturated carbocycles. The van der Waals surface area contributed by atoms with Gasteiger partial charge in [-0.2, -0.15) is 0 Å². The van der Waals surface area contributed by atoms with Crippen molar-refractivity contribution in [3.8, 4) is 0 Å². The number of thiazole rings is 1. The number of amides is 1. The first-order chi connectivity index (χ1) is 15.1. The number of carbonyl (C=O) groups is 1. The summed E-state index contributed by atoms with van der Waals surface area (Å²) >= 11 is 3.52. The van der Waals surface area contributed by atoms with Gasteiger partial charge in [0.1, 0.15) is 0 Å². The van der Waals surface area contributed by atoms with Gasteiger partial charge < -0.3 is 10.2 Å². The number of aromatic nitrogens is 1. The Morgan fingerprint density at radius 2 is 1.81 bits per heavy atom. The Kier molecular flexibility index (Phi) is 7.48. The van der Waals surface area contributed by atoms with Gasteiger partial charge in [-0.1, -0.05) is 35.1 Å². The largest absolute Gasteiger partial charge is 0.355 e. The summed E-state index contributed by atoms with van der Waals surface area (Å²) in [6.07, 6.45) is 0.559. The summed E-state index contributed by atoms with van der Waals surface area (Å²) in [5, 5.41) is 4.20. The van der Waals surface area contributed by atoms with E-state index in [4.69, 9.17) is 4.98 Å². The Bertz CT molecular complexity index is 1010. The van der Waals surface area contributed by atoms with E-state index in [2.05, 4.69) is 71.4 Å². The van der Waals surface area contributed by atoms with Crippen LogP contribution in [0.5, 0.6) is 0 Å². The third-order valence-corrected chi connectivity index (χ3v) is 7.64. The Balaban J connectivity index is 1.13. The molecule has 1 aliphatic rings. The van der Waals surface area contributed by atoms with Gasteiger partial charge in [0.05, 0.1) is 10.2 Å². The summed E-state index contributed by atoms with van der Waals surface area (Å²) in [7, 11) is 0. The second-order valence-corrected chi connectivity index (χ2v) is 10.2. The van der Waals surface area contributed by atoms with E-state index in [1.54, 1.807) is 23.1 Å². The second kappa shape index (κ2) is 10.5. The van der Waals surface area contributed by atoms with Crippen LogP contribution < -0.4 is 10.2 Å². The minimum atomic E-state index is 0.142. The molecule has 0 spiro atoms. The van der Waals surface area contributed by atoms with Crippen molar-refractivity contribution in [3.63, 3.8) is 0 Å². The second-order valence-electron chi connectivity index (χ2n) is 8.06. The predicted molar refractivity (Wildman–Crippen MR) is 133 cm³/mol. The van der Waals surface area contributed by atoms with Crippen LogP contribution >= 0.6 is 23.1 Å². The zero-order valence-electron chi connectivity index (χ0n) is 18.3. The molecule has 1 fully saturated rings. The molecular formula is C24H30N4OS2. The summed E-state index contributed by atoms with van der Waals surface area (Å²) in [5.41, 5.74) is 3.64. The van der Waals surface area contributed by atoms with Crippen LogP contribution in [0.25, 0.3) is 10.2 Å². The number of benzene rings is 2. The maximum absolute atomic E-state index is 12.1. The molecule has 5 nitrogen and oxygen atoms in total. The van der Waals surface area contributed by atoms with Gasteiger partial charge in [-0.3, -0.25) is 9.69 Å². The molecular weight excluding hydrogens is 424 g/mol. The van der Waals surface area contributed by atoms with Crippen LogP contribution in [0.2, 0.25) is 0 Å². The minimum Gasteiger partial charge on any atom is -0.355 e. The topological polar surface area (TPSA) is 48.5 Å². The lowest BCUT2D eigenvalue weighted by Gasteiger charge is -2.34. The van der Waals surface area contributed by atoms with E-state index < -0.39 is 0 Å². The maximum atomic E-state index is 12.1. The molecule has 2 aromatic carbocycles. The zero-order valence-corrected chi connectivity index (χ0v) is 19.9. The molecule has 1 N–H and O–H groups in total. The maximum Gasteiger partial charge on any atom is 0.220 e. The van der Waals surface area contributed by atoms with Crippen LogP contribution in [-0.4, -0.2) is 60.8 Å². The quantitative estimate of drug-likeness (QED) is 0.513. The number of hydrogen-bond donors (Lipinski definition) is 1. The van der Waals surface area contributed by atoms with Gasteiger partial charge in [-0.25, -0.2) is 4.98 Å². The van der Waals surface area contributed by atoms with Gasteiger partial charge in [-0.15, -0.1) is 11.8 Å². The van der Waals surface area contributed by atoms with Gasteiger partial charge in [0.2, 0.25) is 5.91 Å². The monoisotopic (exact) mass is 454 g/mol. The molecule has 0 unspecified atom stereocenters. The Labute approximate surface area is 192 Å². The number of hydrogen-bond acceptors (Lipinski definition) is 6. The van der Waals surface area contributed by atoms with Gasteiger partial charge in [0, 0.05) is 56.3 Å². The molecule has 1 aliphatic heterocycles. The fraction of sp³-hybridized carbons (Fsp3) is 0.417. The Morgan fingerprint density at radius 1 is 1.06 bits per heavy atom. The first-order valence-corrected chi connectivity index (χ1v) is 12.7. The zero-order chi connectivity index (χ0) is 21.6. The molecule has 1 aromatic heterocycles. The van der Waals surface area contributed by atoms with Crippen molar-refractivity contribution in [3.05, 3.63) is 53.6 Å². The molecule has 0 bridgehead atoms. The Morgan fingerprint density at radius 3 is 2.58 bits per heavy atom. The molecule has 164 valence electrons. The van der Waals surface area contributed by atoms with Crippen LogP contribution in [-0.2, 0) is 4.79 Å². The van der Waals surface area contributed by atoms with Crippen LogP contribution in [0.4, 0.5) is 5.13 Å². The number of aryl methyl sites for hydroxylation is 2. The standard InChI is InChI=1S/C24H30N4OS2/c1-18-3-6-20(7-4-18)30-16-9-23(29)25-10-11-27-12-14-28(15-13-27)24-26-21-8-5-19(2)17-22(21)31-24/h3-8,17H,9-16H2,1-2H3,(H,25,29). The molecule has 0 atom stereocenters. The van der Waals surface area contributed by atoms with Crippen LogP contribution in [0.15, 0.2) is 47.4 Å². The van der Waals surface area contributed by atoms with Crippen LogP contribution in [0, 0.1) is 13.8 Å². The van der Waals surface area contributed by atoms with Crippen molar-refractivity contribution < 1.29 is 4.79 Å². The van der Waals surface area contributed by atoms with Gasteiger partial charge in [0.15, 0.2) is 5.13 Å². The molecule has 1 amide bonds. The van der Waals surface area contributed by atoms with E-state index in [9.17, 15) is 4.79 Å². The van der Waals surface area contributed by atoms with Crippen LogP contribution in [0.1, 0.15) is 17.5 Å². The summed E-state index contributed by atoms with van der Waals surface area (Å²) < 4.78 is 1.26. The lowest BCUT2D eigenvalue weighted by molar-refractivity contribution is -0.120. The van der Waals surface area contributed by atoms with Crippen molar-refractivity contribution in [2.45, 2.75) is 25.2 Å². The van der Waals surface area contributed by atoms with E-state index in [-0.39, 0.29) is 5.91 Å². The Hall–Kier alpha value is -2.09. The molecule has 2 heterocycles. The molecule has 1 saturated heterocycles. The highest BCUT2D eigenvalue weighted by molar-refractivity contribution is 7.99. The van der Waals surface area contributed by atoms with E-state index in [1.165, 1.54) is 20.7 Å². The summed E-state index contributed by atoms with van der Waals surface area (Å²) in [6.45, 7) is 9.82. The highest BCUT2D eigenvalue weighted by atomic mass is 32.2. The normalized spacial score (nSPS) is 14.8. The summed E-state index contributed by atoms with van der Waals surface area (Å²) in [6, 6.07) is 14.9. The van der Waals surface area contributed by atoms with Crippen molar-refractivity contribution in [1.29, 1.82) is 0 Å². The van der Waals surface area contributed by atoms with E-state index >= 15 is 0 Å². The minimum absolute atomic E-state index is 0.142. The van der Waals surface area contributed by atoms with Gasteiger partial charge in [-0.05, 0) is 43.7 Å².